The molecule has 0 spiro atoms. The van der Waals surface area contributed by atoms with Crippen molar-refractivity contribution in [3.63, 3.8) is 0 Å². The lowest BCUT2D eigenvalue weighted by Crippen LogP contribution is -2.49. The molecule has 1 atom stereocenters. The van der Waals surface area contributed by atoms with Crippen LogP contribution in [0.2, 0.25) is 0 Å². The Hall–Kier alpha value is -1.73. The summed E-state index contributed by atoms with van der Waals surface area (Å²) >= 11 is 3.14. The highest BCUT2D eigenvalue weighted by molar-refractivity contribution is 7.12. The van der Waals surface area contributed by atoms with Crippen LogP contribution in [0, 0.1) is 0 Å². The third-order valence-corrected chi connectivity index (χ3v) is 6.93. The van der Waals surface area contributed by atoms with Crippen molar-refractivity contribution in [3.05, 3.63) is 38.0 Å². The first kappa shape index (κ1) is 17.7. The lowest BCUT2D eigenvalue weighted by Gasteiger charge is -2.30. The Labute approximate surface area is 161 Å². The summed E-state index contributed by atoms with van der Waals surface area (Å²) < 4.78 is 0. The van der Waals surface area contributed by atoms with Gasteiger partial charge in [-0.15, -0.1) is 22.7 Å². The van der Waals surface area contributed by atoms with Crippen LogP contribution in [0.4, 0.5) is 0 Å². The fraction of sp³-hybridized carbons (Fsp3) is 0.526. The second-order valence-electron chi connectivity index (χ2n) is 7.03. The van der Waals surface area contributed by atoms with Crippen molar-refractivity contribution in [1.82, 2.24) is 15.2 Å². The third kappa shape index (κ3) is 3.55. The van der Waals surface area contributed by atoms with Crippen LogP contribution in [-0.4, -0.2) is 34.3 Å². The number of carbonyl (C=O) groups excluding carboxylic acids is 2. The zero-order chi connectivity index (χ0) is 18.1. The molecule has 2 aromatic heterocycles. The van der Waals surface area contributed by atoms with Gasteiger partial charge in [-0.25, -0.2) is 4.98 Å². The van der Waals surface area contributed by atoms with Crippen LogP contribution >= 0.6 is 22.7 Å². The lowest BCUT2D eigenvalue weighted by atomic mass is 10.1. The molecular formula is C19H23N3O2S2. The number of amides is 2. The number of aromatic nitrogens is 1. The largest absolute Gasteiger partial charge is 0.339 e. The number of fused-ring (bicyclic) bond motifs is 1. The molecule has 2 aromatic rings. The van der Waals surface area contributed by atoms with E-state index in [0.29, 0.717) is 23.8 Å². The van der Waals surface area contributed by atoms with Gasteiger partial charge in [0.15, 0.2) is 0 Å². The first-order valence-electron chi connectivity index (χ1n) is 9.25. The van der Waals surface area contributed by atoms with E-state index in [0.717, 1.165) is 37.9 Å². The molecule has 1 aliphatic heterocycles. The minimum absolute atomic E-state index is 0.0366. The van der Waals surface area contributed by atoms with Crippen molar-refractivity contribution in [2.45, 2.75) is 57.5 Å². The number of carbonyl (C=O) groups is 2. The van der Waals surface area contributed by atoms with E-state index in [1.807, 2.05) is 11.8 Å². The summed E-state index contributed by atoms with van der Waals surface area (Å²) in [5.74, 6) is 0.324. The number of hydrogen-bond acceptors (Lipinski definition) is 5. The van der Waals surface area contributed by atoms with Crippen molar-refractivity contribution in [2.24, 2.45) is 0 Å². The van der Waals surface area contributed by atoms with Gasteiger partial charge >= 0.3 is 0 Å². The van der Waals surface area contributed by atoms with E-state index >= 15 is 0 Å². The average molecular weight is 390 g/mol. The smallest absolute Gasteiger partial charge is 0.263 e. The molecule has 4 rings (SSSR count). The fourth-order valence-electron chi connectivity index (χ4n) is 3.50. The van der Waals surface area contributed by atoms with Gasteiger partial charge in [-0.1, -0.05) is 13.3 Å². The van der Waals surface area contributed by atoms with Crippen LogP contribution in [-0.2, 0) is 17.8 Å². The first-order valence-corrected chi connectivity index (χ1v) is 11.0. The fourth-order valence-corrected chi connectivity index (χ4v) is 5.17. The van der Waals surface area contributed by atoms with E-state index in [4.69, 9.17) is 0 Å². The molecule has 1 unspecified atom stereocenters. The van der Waals surface area contributed by atoms with Crippen LogP contribution in [0.15, 0.2) is 17.0 Å². The number of rotatable bonds is 6. The molecule has 5 nitrogen and oxygen atoms in total. The molecule has 0 radical (unpaired) electrons. The summed E-state index contributed by atoms with van der Waals surface area (Å²) in [6.07, 6.45) is 4.64. The normalized spacial score (nSPS) is 17.7. The topological polar surface area (TPSA) is 62.3 Å². The Morgan fingerprint density at radius 3 is 3.00 bits per heavy atom. The molecule has 3 heterocycles. The van der Waals surface area contributed by atoms with Crippen molar-refractivity contribution in [2.75, 3.05) is 6.54 Å². The molecule has 1 saturated carbocycles. The van der Waals surface area contributed by atoms with Crippen LogP contribution < -0.4 is 5.32 Å². The monoisotopic (exact) mass is 389 g/mol. The standard InChI is InChI=1S/C19H23N3O2S2/c1-2-3-14(19(24)22-8-6-15-13(10-22)7-9-25-15)21-18(23)17-16(12-4-5-12)20-11-26-17/h7,9,11-12,14H,2-6,8,10H2,1H3,(H,21,23). The minimum atomic E-state index is -0.457. The van der Waals surface area contributed by atoms with Gasteiger partial charge in [0.1, 0.15) is 10.9 Å². The predicted octanol–water partition coefficient (Wildman–Crippen LogP) is 3.57. The van der Waals surface area contributed by atoms with Gasteiger partial charge in [-0.05, 0) is 42.7 Å². The Morgan fingerprint density at radius 2 is 2.23 bits per heavy atom. The maximum atomic E-state index is 13.1. The Morgan fingerprint density at radius 1 is 1.38 bits per heavy atom. The number of thiophene rings is 1. The molecule has 7 heteroatoms. The zero-order valence-electron chi connectivity index (χ0n) is 14.9. The highest BCUT2D eigenvalue weighted by Crippen LogP contribution is 2.41. The molecule has 1 N–H and O–H groups in total. The summed E-state index contributed by atoms with van der Waals surface area (Å²) in [5.41, 5.74) is 3.90. The van der Waals surface area contributed by atoms with Crippen molar-refractivity contribution >= 4 is 34.5 Å². The zero-order valence-corrected chi connectivity index (χ0v) is 16.5. The van der Waals surface area contributed by atoms with Crippen molar-refractivity contribution in [1.29, 1.82) is 0 Å². The molecule has 0 aromatic carbocycles. The van der Waals surface area contributed by atoms with E-state index in [1.165, 1.54) is 21.8 Å². The molecule has 0 saturated heterocycles. The summed E-state index contributed by atoms with van der Waals surface area (Å²) in [4.78, 5) is 34.2. The van der Waals surface area contributed by atoms with Gasteiger partial charge in [-0.3, -0.25) is 9.59 Å². The highest BCUT2D eigenvalue weighted by atomic mass is 32.1. The Bertz CT molecular complexity index is 809. The van der Waals surface area contributed by atoms with E-state index in [9.17, 15) is 9.59 Å². The van der Waals surface area contributed by atoms with E-state index in [2.05, 4.69) is 21.7 Å². The second kappa shape index (κ2) is 7.48. The lowest BCUT2D eigenvalue weighted by molar-refractivity contribution is -0.134. The van der Waals surface area contributed by atoms with Crippen molar-refractivity contribution in [3.8, 4) is 0 Å². The third-order valence-electron chi connectivity index (χ3n) is 5.07. The maximum Gasteiger partial charge on any atom is 0.263 e. The molecule has 2 amide bonds. The molecule has 138 valence electrons. The molecule has 0 bridgehead atoms. The molecular weight excluding hydrogens is 366 g/mol. The van der Waals surface area contributed by atoms with E-state index in [-0.39, 0.29) is 11.8 Å². The first-order chi connectivity index (χ1) is 12.7. The van der Waals surface area contributed by atoms with Gasteiger partial charge in [0.05, 0.1) is 11.2 Å². The van der Waals surface area contributed by atoms with Crippen molar-refractivity contribution < 1.29 is 9.59 Å². The van der Waals surface area contributed by atoms with Gasteiger partial charge < -0.3 is 10.2 Å². The van der Waals surface area contributed by atoms with E-state index < -0.39 is 6.04 Å². The van der Waals surface area contributed by atoms with Gasteiger partial charge in [-0.2, -0.15) is 0 Å². The van der Waals surface area contributed by atoms with Crippen LogP contribution in [0.1, 0.15) is 64.3 Å². The maximum absolute atomic E-state index is 13.1. The SMILES string of the molecule is CCCC(NC(=O)c1scnc1C1CC1)C(=O)N1CCc2sccc2C1. The van der Waals surface area contributed by atoms with E-state index in [1.54, 1.807) is 16.8 Å². The summed E-state index contributed by atoms with van der Waals surface area (Å²) in [7, 11) is 0. The predicted molar refractivity (Wildman–Crippen MR) is 104 cm³/mol. The quantitative estimate of drug-likeness (QED) is 0.822. The minimum Gasteiger partial charge on any atom is -0.339 e. The number of nitrogens with one attached hydrogen (secondary N) is 1. The Balaban J connectivity index is 1.46. The Kier molecular flexibility index (Phi) is 5.09. The average Bonchev–Trinajstić information content (AvgIpc) is 3.19. The molecule has 26 heavy (non-hydrogen) atoms. The van der Waals surface area contributed by atoms with Crippen LogP contribution in [0.25, 0.3) is 0 Å². The second-order valence-corrected chi connectivity index (χ2v) is 8.89. The number of nitrogens with zero attached hydrogens (tertiary/aromatic N) is 2. The highest BCUT2D eigenvalue weighted by Gasteiger charge is 2.33. The van der Waals surface area contributed by atoms with Gasteiger partial charge in [0.25, 0.3) is 5.91 Å². The van der Waals surface area contributed by atoms with Crippen LogP contribution in [0.3, 0.4) is 0 Å². The number of thiazole rings is 1. The van der Waals surface area contributed by atoms with Gasteiger partial charge in [0, 0.05) is 23.9 Å². The molecule has 1 fully saturated rings. The summed E-state index contributed by atoms with van der Waals surface area (Å²) in [5, 5.41) is 5.09. The molecule has 1 aliphatic carbocycles. The number of hydrogen-bond donors (Lipinski definition) is 1. The summed E-state index contributed by atoms with van der Waals surface area (Å²) in [6, 6.07) is 1.65. The van der Waals surface area contributed by atoms with Gasteiger partial charge in [0.2, 0.25) is 5.91 Å². The molecule has 2 aliphatic rings. The summed E-state index contributed by atoms with van der Waals surface area (Å²) in [6.45, 7) is 3.43. The van der Waals surface area contributed by atoms with Crippen LogP contribution in [0.5, 0.6) is 0 Å².